The van der Waals surface area contributed by atoms with Gasteiger partial charge in [0.05, 0.1) is 0 Å². The Morgan fingerprint density at radius 3 is 2.10 bits per heavy atom. The zero-order valence-corrected chi connectivity index (χ0v) is 14.5. The molecule has 0 heterocycles. The van der Waals surface area contributed by atoms with E-state index in [0.717, 1.165) is 6.54 Å². The molecule has 0 aromatic heterocycles. The average Bonchev–Trinajstić information content (AvgIpc) is 2.42. The molecule has 0 unspecified atom stereocenters. The van der Waals surface area contributed by atoms with Crippen molar-refractivity contribution in [1.82, 2.24) is 5.32 Å². The second-order valence-electron chi connectivity index (χ2n) is 5.90. The van der Waals surface area contributed by atoms with Crippen LogP contribution in [0.1, 0.15) is 42.0 Å². The maximum atomic E-state index is 3.25. The standard InChI is InChI=1S/C19H25N.ClH/c1-13(2)16-7-6-8-17(11-16)18-9-14(3)19(12-20-5)15(4)10-18;/h6-11,13,20H,12H2,1-5H3;1H. The highest BCUT2D eigenvalue weighted by molar-refractivity contribution is 5.85. The van der Waals surface area contributed by atoms with Crippen LogP contribution in [0.2, 0.25) is 0 Å². The van der Waals surface area contributed by atoms with Crippen LogP contribution in [0.15, 0.2) is 36.4 Å². The SMILES string of the molecule is CNCc1c(C)cc(-c2cccc(C(C)C)c2)cc1C.Cl. The van der Waals surface area contributed by atoms with Crippen LogP contribution in [-0.2, 0) is 6.54 Å². The summed E-state index contributed by atoms with van der Waals surface area (Å²) in [7, 11) is 2.00. The van der Waals surface area contributed by atoms with E-state index in [4.69, 9.17) is 0 Å². The molecule has 0 bridgehead atoms. The zero-order chi connectivity index (χ0) is 14.7. The molecule has 1 N–H and O–H groups in total. The fraction of sp³-hybridized carbons (Fsp3) is 0.368. The molecular formula is C19H26ClN. The Morgan fingerprint density at radius 1 is 0.952 bits per heavy atom. The second kappa shape index (κ2) is 7.63. The Bertz CT molecular complexity index is 579. The zero-order valence-electron chi connectivity index (χ0n) is 13.7. The lowest BCUT2D eigenvalue weighted by atomic mass is 9.93. The number of benzene rings is 2. The highest BCUT2D eigenvalue weighted by Gasteiger charge is 2.07. The van der Waals surface area contributed by atoms with Crippen LogP contribution in [0.5, 0.6) is 0 Å². The second-order valence-corrected chi connectivity index (χ2v) is 5.90. The fourth-order valence-corrected chi connectivity index (χ4v) is 2.69. The number of halogens is 1. The molecule has 0 spiro atoms. The van der Waals surface area contributed by atoms with Gasteiger partial charge in [0, 0.05) is 6.54 Å². The molecule has 0 fully saturated rings. The Labute approximate surface area is 135 Å². The van der Waals surface area contributed by atoms with Crippen LogP contribution in [-0.4, -0.2) is 7.05 Å². The van der Waals surface area contributed by atoms with Crippen LogP contribution in [0.3, 0.4) is 0 Å². The van der Waals surface area contributed by atoms with Crippen LogP contribution < -0.4 is 5.32 Å². The summed E-state index contributed by atoms with van der Waals surface area (Å²) in [4.78, 5) is 0. The third kappa shape index (κ3) is 4.09. The highest BCUT2D eigenvalue weighted by Crippen LogP contribution is 2.27. The summed E-state index contributed by atoms with van der Waals surface area (Å²) < 4.78 is 0. The molecule has 0 amide bonds. The van der Waals surface area contributed by atoms with Crippen molar-refractivity contribution < 1.29 is 0 Å². The molecule has 1 nitrogen and oxygen atoms in total. The van der Waals surface area contributed by atoms with Crippen LogP contribution in [0.25, 0.3) is 11.1 Å². The molecule has 0 saturated heterocycles. The molecule has 0 aliphatic heterocycles. The first kappa shape index (κ1) is 17.7. The van der Waals surface area contributed by atoms with Crippen molar-refractivity contribution in [3.63, 3.8) is 0 Å². The minimum Gasteiger partial charge on any atom is -0.316 e. The van der Waals surface area contributed by atoms with E-state index < -0.39 is 0 Å². The van der Waals surface area contributed by atoms with Crippen molar-refractivity contribution in [2.75, 3.05) is 7.05 Å². The summed E-state index contributed by atoms with van der Waals surface area (Å²) >= 11 is 0. The van der Waals surface area contributed by atoms with Gasteiger partial charge in [-0.2, -0.15) is 0 Å². The maximum Gasteiger partial charge on any atom is 0.0207 e. The van der Waals surface area contributed by atoms with Crippen molar-refractivity contribution in [3.8, 4) is 11.1 Å². The lowest BCUT2D eigenvalue weighted by Crippen LogP contribution is -2.08. The van der Waals surface area contributed by atoms with Crippen LogP contribution in [0, 0.1) is 13.8 Å². The van der Waals surface area contributed by atoms with E-state index in [-0.39, 0.29) is 12.4 Å². The third-order valence-corrected chi connectivity index (χ3v) is 3.94. The van der Waals surface area contributed by atoms with Gasteiger partial charge in [-0.25, -0.2) is 0 Å². The Kier molecular flexibility index (Phi) is 6.44. The van der Waals surface area contributed by atoms with Crippen molar-refractivity contribution in [3.05, 3.63) is 58.7 Å². The molecule has 0 atom stereocenters. The molecule has 2 aromatic rings. The fourth-order valence-electron chi connectivity index (χ4n) is 2.69. The Balaban J connectivity index is 0.00000220. The smallest absolute Gasteiger partial charge is 0.0207 e. The first-order valence-electron chi connectivity index (χ1n) is 7.38. The van der Waals surface area contributed by atoms with Crippen molar-refractivity contribution in [2.24, 2.45) is 0 Å². The van der Waals surface area contributed by atoms with Crippen LogP contribution >= 0.6 is 12.4 Å². The highest BCUT2D eigenvalue weighted by atomic mass is 35.5. The molecule has 0 aliphatic carbocycles. The van der Waals surface area contributed by atoms with Gasteiger partial charge in [0.25, 0.3) is 0 Å². The molecule has 2 aromatic carbocycles. The van der Waals surface area contributed by atoms with Gasteiger partial charge in [-0.1, -0.05) is 50.2 Å². The summed E-state index contributed by atoms with van der Waals surface area (Å²) in [6, 6.07) is 13.5. The number of aryl methyl sites for hydroxylation is 2. The van der Waals surface area contributed by atoms with Crippen molar-refractivity contribution >= 4 is 12.4 Å². The topological polar surface area (TPSA) is 12.0 Å². The minimum absolute atomic E-state index is 0. The van der Waals surface area contributed by atoms with Gasteiger partial charge in [-0.05, 0) is 60.2 Å². The lowest BCUT2D eigenvalue weighted by molar-refractivity contribution is 0.806. The number of nitrogens with one attached hydrogen (secondary N) is 1. The number of hydrogen-bond donors (Lipinski definition) is 1. The first-order valence-corrected chi connectivity index (χ1v) is 7.38. The Morgan fingerprint density at radius 2 is 1.57 bits per heavy atom. The van der Waals surface area contributed by atoms with Gasteiger partial charge >= 0.3 is 0 Å². The average molecular weight is 304 g/mol. The van der Waals surface area contributed by atoms with Gasteiger partial charge in [-0.15, -0.1) is 12.4 Å². The van der Waals surface area contributed by atoms with Gasteiger partial charge in [-0.3, -0.25) is 0 Å². The predicted molar refractivity (Wildman–Crippen MR) is 95.5 cm³/mol. The summed E-state index contributed by atoms with van der Waals surface area (Å²) in [5.41, 5.74) is 8.18. The number of rotatable bonds is 4. The normalized spacial score (nSPS) is 10.6. The van der Waals surface area contributed by atoms with E-state index >= 15 is 0 Å². The monoisotopic (exact) mass is 303 g/mol. The van der Waals surface area contributed by atoms with Crippen molar-refractivity contribution in [2.45, 2.75) is 40.2 Å². The summed E-state index contributed by atoms with van der Waals surface area (Å²) in [6.45, 7) is 9.83. The maximum absolute atomic E-state index is 3.25. The van der Waals surface area contributed by atoms with E-state index in [1.807, 2.05) is 7.05 Å². The molecule has 0 radical (unpaired) electrons. The van der Waals surface area contributed by atoms with Gasteiger partial charge in [0.2, 0.25) is 0 Å². The molecule has 114 valence electrons. The molecule has 21 heavy (non-hydrogen) atoms. The van der Waals surface area contributed by atoms with Gasteiger partial charge in [0.1, 0.15) is 0 Å². The van der Waals surface area contributed by atoms with E-state index in [9.17, 15) is 0 Å². The number of hydrogen-bond acceptors (Lipinski definition) is 1. The molecule has 0 aliphatic rings. The lowest BCUT2D eigenvalue weighted by Gasteiger charge is -2.14. The molecule has 2 heteroatoms. The largest absolute Gasteiger partial charge is 0.316 e. The quantitative estimate of drug-likeness (QED) is 0.815. The molecular weight excluding hydrogens is 278 g/mol. The first-order chi connectivity index (χ1) is 9.52. The predicted octanol–water partition coefficient (Wildman–Crippen LogP) is 5.24. The molecule has 0 saturated carbocycles. The molecule has 2 rings (SSSR count). The van der Waals surface area contributed by atoms with Crippen LogP contribution in [0.4, 0.5) is 0 Å². The van der Waals surface area contributed by atoms with E-state index in [0.29, 0.717) is 5.92 Å². The summed E-state index contributed by atoms with van der Waals surface area (Å²) in [6.07, 6.45) is 0. The van der Waals surface area contributed by atoms with Crippen molar-refractivity contribution in [1.29, 1.82) is 0 Å². The van der Waals surface area contributed by atoms with E-state index in [1.54, 1.807) is 0 Å². The van der Waals surface area contributed by atoms with Gasteiger partial charge < -0.3 is 5.32 Å². The minimum atomic E-state index is 0. The Hall–Kier alpha value is -1.31. The summed E-state index contributed by atoms with van der Waals surface area (Å²) in [5.74, 6) is 0.570. The third-order valence-electron chi connectivity index (χ3n) is 3.94. The van der Waals surface area contributed by atoms with E-state index in [1.165, 1.54) is 33.4 Å². The van der Waals surface area contributed by atoms with E-state index in [2.05, 4.69) is 69.4 Å². The summed E-state index contributed by atoms with van der Waals surface area (Å²) in [5, 5.41) is 3.25. The van der Waals surface area contributed by atoms with Gasteiger partial charge in [0.15, 0.2) is 0 Å².